The number of hydrogen-bond acceptors (Lipinski definition) is 3. The predicted molar refractivity (Wildman–Crippen MR) is 98.0 cm³/mol. The molecule has 0 bridgehead atoms. The first-order valence-corrected chi connectivity index (χ1v) is 7.81. The number of nitrogens with zero attached hydrogens (tertiary/aromatic N) is 2. The zero-order valence-corrected chi connectivity index (χ0v) is 15.4. The number of nitrogens with one attached hydrogen (secondary N) is 1. The van der Waals surface area contributed by atoms with Crippen molar-refractivity contribution in [1.82, 2.24) is 10.2 Å². The lowest BCUT2D eigenvalue weighted by Crippen LogP contribution is -2.39. The summed E-state index contributed by atoms with van der Waals surface area (Å²) in [5.41, 5.74) is 5.98. The van der Waals surface area contributed by atoms with Crippen molar-refractivity contribution in [3.63, 3.8) is 0 Å². The maximum absolute atomic E-state index is 5.98. The number of aliphatic imine (C=N–C) groups is 1. The third kappa shape index (κ3) is 5.21. The minimum atomic E-state index is 0. The second-order valence-electron chi connectivity index (χ2n) is 5.35. The number of guanidine groups is 1. The van der Waals surface area contributed by atoms with Crippen LogP contribution in [0.2, 0.25) is 0 Å². The number of rotatable bonds is 5. The van der Waals surface area contributed by atoms with E-state index in [9.17, 15) is 0 Å². The van der Waals surface area contributed by atoms with Gasteiger partial charge in [0, 0.05) is 10.9 Å². The third-order valence-corrected chi connectivity index (χ3v) is 4.61. The Hall–Kier alpha value is -0.340. The summed E-state index contributed by atoms with van der Waals surface area (Å²) in [6.07, 6.45) is 5.05. The average Bonchev–Trinajstić information content (AvgIpc) is 3.01. The zero-order chi connectivity index (χ0) is 13.7. The lowest BCUT2D eigenvalue weighted by molar-refractivity contribution is 0.310. The van der Waals surface area contributed by atoms with E-state index in [1.165, 1.54) is 30.6 Å². The maximum atomic E-state index is 5.98. The van der Waals surface area contributed by atoms with Crippen LogP contribution >= 0.6 is 35.3 Å². The summed E-state index contributed by atoms with van der Waals surface area (Å²) < 4.78 is 0. The Balaban J connectivity index is 0.00000200. The van der Waals surface area contributed by atoms with Crippen LogP contribution in [0.1, 0.15) is 36.6 Å². The van der Waals surface area contributed by atoms with E-state index < -0.39 is 0 Å². The molecule has 0 amide bonds. The summed E-state index contributed by atoms with van der Waals surface area (Å²) in [4.78, 5) is 8.04. The molecule has 6 heteroatoms. The van der Waals surface area contributed by atoms with E-state index in [4.69, 9.17) is 5.73 Å². The molecule has 1 fully saturated rings. The largest absolute Gasteiger partial charge is 0.370 e. The van der Waals surface area contributed by atoms with Gasteiger partial charge in [0.1, 0.15) is 0 Å². The fourth-order valence-electron chi connectivity index (χ4n) is 2.50. The number of nitrogens with two attached hydrogens (primary N) is 1. The molecule has 0 saturated heterocycles. The van der Waals surface area contributed by atoms with Gasteiger partial charge in [-0.2, -0.15) is 0 Å². The molecule has 1 saturated carbocycles. The van der Waals surface area contributed by atoms with Crippen molar-refractivity contribution in [2.75, 3.05) is 20.6 Å². The van der Waals surface area contributed by atoms with Gasteiger partial charge in [-0.05, 0) is 38.4 Å². The molecule has 3 N–H and O–H groups in total. The molecule has 1 heterocycles. The molecule has 2 rings (SSSR count). The van der Waals surface area contributed by atoms with Crippen LogP contribution in [0.15, 0.2) is 22.5 Å². The molecule has 0 spiro atoms. The zero-order valence-electron chi connectivity index (χ0n) is 12.2. The Morgan fingerprint density at radius 1 is 1.50 bits per heavy atom. The molecule has 0 aliphatic heterocycles. The maximum Gasteiger partial charge on any atom is 0.188 e. The SMILES string of the molecule is CN(C)C(CN=C(N)NC1CCCC1)c1cccs1.I. The molecule has 0 aromatic carbocycles. The first-order chi connectivity index (χ1) is 9.16. The van der Waals surface area contributed by atoms with Gasteiger partial charge in [0.15, 0.2) is 5.96 Å². The van der Waals surface area contributed by atoms with Crippen molar-refractivity contribution in [1.29, 1.82) is 0 Å². The van der Waals surface area contributed by atoms with Gasteiger partial charge < -0.3 is 16.0 Å². The molecule has 1 aromatic heterocycles. The monoisotopic (exact) mass is 408 g/mol. The molecular weight excluding hydrogens is 383 g/mol. The van der Waals surface area contributed by atoms with E-state index in [1.807, 2.05) is 0 Å². The average molecular weight is 408 g/mol. The first kappa shape index (κ1) is 17.7. The molecule has 1 unspecified atom stereocenters. The highest BCUT2D eigenvalue weighted by atomic mass is 127. The van der Waals surface area contributed by atoms with Crippen molar-refractivity contribution >= 4 is 41.3 Å². The Kier molecular flexibility index (Phi) is 7.83. The highest BCUT2D eigenvalue weighted by molar-refractivity contribution is 14.0. The molecule has 1 atom stereocenters. The minimum absolute atomic E-state index is 0. The molecule has 1 aliphatic carbocycles. The molecule has 0 radical (unpaired) electrons. The van der Waals surface area contributed by atoms with Crippen LogP contribution < -0.4 is 11.1 Å². The summed E-state index contributed by atoms with van der Waals surface area (Å²) in [6.45, 7) is 0.707. The second-order valence-corrected chi connectivity index (χ2v) is 6.33. The van der Waals surface area contributed by atoms with Gasteiger partial charge in [0.05, 0.1) is 12.6 Å². The standard InChI is InChI=1S/C14H24N4S.HI/c1-18(2)12(13-8-5-9-19-13)10-16-14(15)17-11-6-3-4-7-11;/h5,8-9,11-12H,3-4,6-7,10H2,1-2H3,(H3,15,16,17);1H. The quantitative estimate of drug-likeness (QED) is 0.448. The van der Waals surface area contributed by atoms with E-state index >= 15 is 0 Å². The van der Waals surface area contributed by atoms with Gasteiger partial charge in [-0.15, -0.1) is 35.3 Å². The number of likely N-dealkylation sites (N-methyl/N-ethyl adjacent to an activating group) is 1. The topological polar surface area (TPSA) is 53.6 Å². The van der Waals surface area contributed by atoms with Crippen molar-refractivity contribution in [3.05, 3.63) is 22.4 Å². The Morgan fingerprint density at radius 3 is 2.75 bits per heavy atom. The second kappa shape index (κ2) is 8.84. The summed E-state index contributed by atoms with van der Waals surface area (Å²) in [6, 6.07) is 5.08. The van der Waals surface area contributed by atoms with Gasteiger partial charge in [-0.3, -0.25) is 4.99 Å². The molecular formula is C14H25IN4S. The van der Waals surface area contributed by atoms with Crippen molar-refractivity contribution in [3.8, 4) is 0 Å². The Bertz CT molecular complexity index is 399. The van der Waals surface area contributed by atoms with E-state index in [0.717, 1.165) is 0 Å². The Morgan fingerprint density at radius 2 is 2.20 bits per heavy atom. The summed E-state index contributed by atoms with van der Waals surface area (Å²) in [5, 5.41) is 5.44. The highest BCUT2D eigenvalue weighted by Crippen LogP contribution is 2.23. The smallest absolute Gasteiger partial charge is 0.188 e. The van der Waals surface area contributed by atoms with Crippen LogP contribution in [0.4, 0.5) is 0 Å². The van der Waals surface area contributed by atoms with E-state index in [0.29, 0.717) is 24.6 Å². The van der Waals surface area contributed by atoms with Crippen molar-refractivity contribution < 1.29 is 0 Å². The highest BCUT2D eigenvalue weighted by Gasteiger charge is 2.17. The predicted octanol–water partition coefficient (Wildman–Crippen LogP) is 2.82. The van der Waals surface area contributed by atoms with E-state index in [-0.39, 0.29) is 24.0 Å². The fraction of sp³-hybridized carbons (Fsp3) is 0.643. The summed E-state index contributed by atoms with van der Waals surface area (Å²) in [5.74, 6) is 0.593. The van der Waals surface area contributed by atoms with Crippen LogP contribution in [0, 0.1) is 0 Å². The summed E-state index contributed by atoms with van der Waals surface area (Å²) in [7, 11) is 4.17. The fourth-order valence-corrected chi connectivity index (χ4v) is 3.41. The van der Waals surface area contributed by atoms with Crippen molar-refractivity contribution in [2.45, 2.75) is 37.8 Å². The minimum Gasteiger partial charge on any atom is -0.370 e. The van der Waals surface area contributed by atoms with Gasteiger partial charge >= 0.3 is 0 Å². The van der Waals surface area contributed by atoms with Gasteiger partial charge in [-0.25, -0.2) is 0 Å². The van der Waals surface area contributed by atoms with Crippen molar-refractivity contribution in [2.24, 2.45) is 10.7 Å². The van der Waals surface area contributed by atoms with Gasteiger partial charge in [0.25, 0.3) is 0 Å². The van der Waals surface area contributed by atoms with Crippen LogP contribution in [0.5, 0.6) is 0 Å². The first-order valence-electron chi connectivity index (χ1n) is 6.93. The van der Waals surface area contributed by atoms with Gasteiger partial charge in [0.2, 0.25) is 0 Å². The number of hydrogen-bond donors (Lipinski definition) is 2. The van der Waals surface area contributed by atoms with E-state index in [1.54, 1.807) is 11.3 Å². The van der Waals surface area contributed by atoms with Crippen LogP contribution in [-0.4, -0.2) is 37.5 Å². The molecule has 20 heavy (non-hydrogen) atoms. The Labute approximate surface area is 142 Å². The molecule has 1 aliphatic rings. The number of thiophene rings is 1. The number of halogens is 1. The molecule has 4 nitrogen and oxygen atoms in total. The lowest BCUT2D eigenvalue weighted by atomic mass is 10.2. The third-order valence-electron chi connectivity index (χ3n) is 3.64. The van der Waals surface area contributed by atoms with Crippen LogP contribution in [0.25, 0.3) is 0 Å². The lowest BCUT2D eigenvalue weighted by Gasteiger charge is -2.22. The molecule has 1 aromatic rings. The van der Waals surface area contributed by atoms with Crippen LogP contribution in [0.3, 0.4) is 0 Å². The molecule has 114 valence electrons. The normalized spacial score (nSPS) is 18.1. The summed E-state index contributed by atoms with van der Waals surface area (Å²) >= 11 is 1.77. The van der Waals surface area contributed by atoms with Gasteiger partial charge in [-0.1, -0.05) is 18.9 Å². The van der Waals surface area contributed by atoms with E-state index in [2.05, 4.69) is 46.8 Å². The van der Waals surface area contributed by atoms with Crippen LogP contribution in [-0.2, 0) is 0 Å².